The van der Waals surface area contributed by atoms with Crippen molar-refractivity contribution in [1.82, 2.24) is 0 Å². The summed E-state index contributed by atoms with van der Waals surface area (Å²) in [5, 5.41) is 0. The molecule has 0 fully saturated rings. The molecule has 116 valence electrons. The van der Waals surface area contributed by atoms with Crippen LogP contribution in [0.2, 0.25) is 0 Å². The van der Waals surface area contributed by atoms with E-state index in [0.29, 0.717) is 0 Å². The first-order chi connectivity index (χ1) is 9.16. The van der Waals surface area contributed by atoms with Crippen LogP contribution in [0, 0.1) is 11.8 Å². The van der Waals surface area contributed by atoms with E-state index >= 15 is 0 Å². The van der Waals surface area contributed by atoms with Crippen LogP contribution in [0.15, 0.2) is 0 Å². The fraction of sp³-hybridized carbons (Fsp3) is 1.00. The molecule has 0 aromatic heterocycles. The van der Waals surface area contributed by atoms with Gasteiger partial charge in [-0.05, 0) is 24.8 Å². The minimum Gasteiger partial charge on any atom is -0.330 e. The molecule has 19 heavy (non-hydrogen) atoms. The molecule has 0 aliphatic rings. The van der Waals surface area contributed by atoms with Crippen molar-refractivity contribution in [2.45, 2.75) is 97.8 Å². The van der Waals surface area contributed by atoms with Gasteiger partial charge in [0.2, 0.25) is 0 Å². The molecule has 1 unspecified atom stereocenters. The zero-order chi connectivity index (χ0) is 14.3. The van der Waals surface area contributed by atoms with E-state index in [1.54, 1.807) is 0 Å². The van der Waals surface area contributed by atoms with Crippen LogP contribution in [-0.4, -0.2) is 6.54 Å². The van der Waals surface area contributed by atoms with E-state index < -0.39 is 0 Å². The zero-order valence-electron chi connectivity index (χ0n) is 13.9. The van der Waals surface area contributed by atoms with Crippen molar-refractivity contribution in [2.24, 2.45) is 17.6 Å². The maximum atomic E-state index is 5.62. The Bertz CT molecular complexity index is 165. The Kier molecular flexibility index (Phi) is 14.3. The predicted octanol–water partition coefficient (Wildman–Crippen LogP) is 5.92. The molecular formula is C18H39N. The van der Waals surface area contributed by atoms with Gasteiger partial charge in [-0.25, -0.2) is 0 Å². The quantitative estimate of drug-likeness (QED) is 0.389. The van der Waals surface area contributed by atoms with E-state index in [9.17, 15) is 0 Å². The highest BCUT2D eigenvalue weighted by atomic mass is 14.5. The Morgan fingerprint density at radius 1 is 0.579 bits per heavy atom. The first-order valence-electron chi connectivity index (χ1n) is 8.87. The smallest absolute Gasteiger partial charge is 0.00515 e. The van der Waals surface area contributed by atoms with Crippen molar-refractivity contribution in [2.75, 3.05) is 6.54 Å². The van der Waals surface area contributed by atoms with Crippen molar-refractivity contribution >= 4 is 0 Å². The summed E-state index contributed by atoms with van der Waals surface area (Å²) >= 11 is 0. The average molecular weight is 270 g/mol. The third kappa shape index (κ3) is 15.9. The van der Waals surface area contributed by atoms with E-state index in [2.05, 4.69) is 20.8 Å². The first-order valence-corrected chi connectivity index (χ1v) is 8.87. The highest BCUT2D eigenvalue weighted by Crippen LogP contribution is 2.14. The number of hydrogen-bond acceptors (Lipinski definition) is 1. The van der Waals surface area contributed by atoms with Crippen LogP contribution in [0.25, 0.3) is 0 Å². The van der Waals surface area contributed by atoms with Crippen LogP contribution < -0.4 is 5.73 Å². The molecule has 0 aliphatic carbocycles. The standard InChI is InChI=1S/C18H39N/c1-17(2)14-12-10-8-6-4-5-7-9-11-13-15-18(3)16-19/h17-18H,4-16,19H2,1-3H3. The molecule has 1 atom stereocenters. The van der Waals surface area contributed by atoms with Gasteiger partial charge in [0.25, 0.3) is 0 Å². The summed E-state index contributed by atoms with van der Waals surface area (Å²) in [6.45, 7) is 7.78. The summed E-state index contributed by atoms with van der Waals surface area (Å²) in [5.74, 6) is 1.62. The van der Waals surface area contributed by atoms with E-state index in [0.717, 1.165) is 18.4 Å². The lowest BCUT2D eigenvalue weighted by molar-refractivity contribution is 0.482. The molecule has 1 heteroatoms. The summed E-state index contributed by atoms with van der Waals surface area (Å²) in [7, 11) is 0. The third-order valence-corrected chi connectivity index (χ3v) is 4.13. The molecule has 0 radical (unpaired) electrons. The molecule has 0 spiro atoms. The molecule has 0 aliphatic heterocycles. The molecule has 0 saturated heterocycles. The van der Waals surface area contributed by atoms with Gasteiger partial charge in [0.05, 0.1) is 0 Å². The number of rotatable bonds is 14. The van der Waals surface area contributed by atoms with Gasteiger partial charge in [0, 0.05) is 0 Å². The second-order valence-corrected chi connectivity index (χ2v) is 6.85. The molecular weight excluding hydrogens is 230 g/mol. The SMILES string of the molecule is CC(C)CCCCCCCCCCCCC(C)CN. The van der Waals surface area contributed by atoms with Gasteiger partial charge in [-0.3, -0.25) is 0 Å². The maximum absolute atomic E-state index is 5.62. The lowest BCUT2D eigenvalue weighted by atomic mass is 10.0. The van der Waals surface area contributed by atoms with Gasteiger partial charge >= 0.3 is 0 Å². The Balaban J connectivity index is 2.99. The third-order valence-electron chi connectivity index (χ3n) is 4.13. The Morgan fingerprint density at radius 3 is 1.32 bits per heavy atom. The topological polar surface area (TPSA) is 26.0 Å². The highest BCUT2D eigenvalue weighted by molar-refractivity contribution is 4.54. The van der Waals surface area contributed by atoms with E-state index in [-0.39, 0.29) is 0 Å². The van der Waals surface area contributed by atoms with Crippen LogP contribution in [-0.2, 0) is 0 Å². The van der Waals surface area contributed by atoms with Gasteiger partial charge in [0.15, 0.2) is 0 Å². The van der Waals surface area contributed by atoms with Crippen molar-refractivity contribution in [1.29, 1.82) is 0 Å². The van der Waals surface area contributed by atoms with E-state index in [1.807, 2.05) is 0 Å². The lowest BCUT2D eigenvalue weighted by Crippen LogP contribution is -2.10. The van der Waals surface area contributed by atoms with Crippen LogP contribution in [0.1, 0.15) is 97.8 Å². The second kappa shape index (κ2) is 14.4. The Labute approximate surface area is 122 Å². The van der Waals surface area contributed by atoms with Gasteiger partial charge in [-0.1, -0.05) is 91.4 Å². The minimum atomic E-state index is 0.728. The number of hydrogen-bond donors (Lipinski definition) is 1. The van der Waals surface area contributed by atoms with E-state index in [1.165, 1.54) is 77.0 Å². The van der Waals surface area contributed by atoms with Gasteiger partial charge in [-0.15, -0.1) is 0 Å². The molecule has 0 aromatic rings. The van der Waals surface area contributed by atoms with E-state index in [4.69, 9.17) is 5.73 Å². The van der Waals surface area contributed by atoms with Crippen molar-refractivity contribution in [3.05, 3.63) is 0 Å². The molecule has 1 nitrogen and oxygen atoms in total. The molecule has 0 heterocycles. The Hall–Kier alpha value is -0.0400. The van der Waals surface area contributed by atoms with Gasteiger partial charge < -0.3 is 5.73 Å². The summed E-state index contributed by atoms with van der Waals surface area (Å²) in [4.78, 5) is 0. The largest absolute Gasteiger partial charge is 0.330 e. The van der Waals surface area contributed by atoms with Gasteiger partial charge in [0.1, 0.15) is 0 Å². The molecule has 0 rings (SSSR count). The maximum Gasteiger partial charge on any atom is -0.00515 e. The molecule has 0 amide bonds. The molecule has 0 bridgehead atoms. The molecule has 2 N–H and O–H groups in total. The lowest BCUT2D eigenvalue weighted by Gasteiger charge is -2.07. The normalized spacial score (nSPS) is 13.1. The minimum absolute atomic E-state index is 0.728. The summed E-state index contributed by atoms with van der Waals surface area (Å²) in [6, 6.07) is 0. The monoisotopic (exact) mass is 269 g/mol. The Morgan fingerprint density at radius 2 is 0.947 bits per heavy atom. The molecule has 0 saturated carbocycles. The van der Waals surface area contributed by atoms with Crippen LogP contribution >= 0.6 is 0 Å². The predicted molar refractivity (Wildman–Crippen MR) is 88.5 cm³/mol. The van der Waals surface area contributed by atoms with Gasteiger partial charge in [-0.2, -0.15) is 0 Å². The zero-order valence-corrected chi connectivity index (χ0v) is 13.9. The summed E-state index contributed by atoms with van der Waals surface area (Å²) < 4.78 is 0. The van der Waals surface area contributed by atoms with Crippen LogP contribution in [0.5, 0.6) is 0 Å². The van der Waals surface area contributed by atoms with Crippen molar-refractivity contribution in [3.63, 3.8) is 0 Å². The molecule has 0 aromatic carbocycles. The first kappa shape index (κ1) is 19.0. The van der Waals surface area contributed by atoms with Crippen molar-refractivity contribution in [3.8, 4) is 0 Å². The fourth-order valence-corrected chi connectivity index (χ4v) is 2.58. The van der Waals surface area contributed by atoms with Crippen LogP contribution in [0.3, 0.4) is 0 Å². The van der Waals surface area contributed by atoms with Crippen molar-refractivity contribution < 1.29 is 0 Å². The average Bonchev–Trinajstić information content (AvgIpc) is 2.39. The number of nitrogens with two attached hydrogens (primary N) is 1. The fourth-order valence-electron chi connectivity index (χ4n) is 2.58. The summed E-state index contributed by atoms with van der Waals surface area (Å²) in [5.41, 5.74) is 5.62. The number of unbranched alkanes of at least 4 members (excludes halogenated alkanes) is 9. The highest BCUT2D eigenvalue weighted by Gasteiger charge is 1.98. The second-order valence-electron chi connectivity index (χ2n) is 6.85. The summed E-state index contributed by atoms with van der Waals surface area (Å²) in [6.07, 6.45) is 17.2. The van der Waals surface area contributed by atoms with Crippen LogP contribution in [0.4, 0.5) is 0 Å².